The number of nitrogens with zero attached hydrogens (tertiary/aromatic N) is 1. The molecular formula is C12H10BrN3O5. The normalized spacial score (nSPS) is 18.0. The van der Waals surface area contributed by atoms with E-state index >= 15 is 0 Å². The molecule has 1 saturated heterocycles. The third-order valence-corrected chi connectivity index (χ3v) is 3.62. The number of hydrogen-bond donors (Lipinski definition) is 2. The molecule has 1 aliphatic rings. The van der Waals surface area contributed by atoms with Crippen molar-refractivity contribution < 1.29 is 19.3 Å². The maximum atomic E-state index is 12.0. The molecule has 1 fully saturated rings. The Morgan fingerprint density at radius 3 is 2.76 bits per heavy atom. The molecule has 0 radical (unpaired) electrons. The summed E-state index contributed by atoms with van der Waals surface area (Å²) in [5, 5.41) is 15.4. The molecule has 1 aromatic carbocycles. The molecule has 0 aromatic heterocycles. The molecule has 0 aliphatic carbocycles. The predicted molar refractivity (Wildman–Crippen MR) is 74.4 cm³/mol. The van der Waals surface area contributed by atoms with E-state index < -0.39 is 22.8 Å². The van der Waals surface area contributed by atoms with Gasteiger partial charge in [0.25, 0.3) is 11.6 Å². The second-order valence-electron chi connectivity index (χ2n) is 4.40. The summed E-state index contributed by atoms with van der Waals surface area (Å²) in [6.07, 6.45) is 0.339. The molecule has 2 N–H and O–H groups in total. The van der Waals surface area contributed by atoms with E-state index in [2.05, 4.69) is 26.6 Å². The minimum atomic E-state index is -0.821. The molecule has 1 aliphatic heterocycles. The summed E-state index contributed by atoms with van der Waals surface area (Å²) in [5.41, 5.74) is -0.180. The van der Waals surface area contributed by atoms with Gasteiger partial charge in [0, 0.05) is 18.1 Å². The van der Waals surface area contributed by atoms with Gasteiger partial charge in [-0.05, 0) is 34.5 Å². The molecule has 9 heteroatoms. The van der Waals surface area contributed by atoms with E-state index in [1.165, 1.54) is 12.1 Å². The molecule has 1 aromatic rings. The fourth-order valence-electron chi connectivity index (χ4n) is 1.87. The van der Waals surface area contributed by atoms with Gasteiger partial charge in [-0.15, -0.1) is 0 Å². The summed E-state index contributed by atoms with van der Waals surface area (Å²) in [7, 11) is 0. The van der Waals surface area contributed by atoms with Gasteiger partial charge in [-0.1, -0.05) is 0 Å². The van der Waals surface area contributed by atoms with E-state index in [1.807, 2.05) is 0 Å². The van der Waals surface area contributed by atoms with Crippen molar-refractivity contribution in [1.29, 1.82) is 0 Å². The third-order valence-electron chi connectivity index (χ3n) is 2.95. The van der Waals surface area contributed by atoms with Crippen molar-refractivity contribution in [2.45, 2.75) is 18.9 Å². The smallest absolute Gasteiger partial charge is 0.284 e. The lowest BCUT2D eigenvalue weighted by Crippen LogP contribution is -2.52. The number of piperidine rings is 1. The highest BCUT2D eigenvalue weighted by atomic mass is 79.9. The Morgan fingerprint density at radius 2 is 2.14 bits per heavy atom. The molecule has 2 rings (SSSR count). The van der Waals surface area contributed by atoms with Crippen LogP contribution in [0.1, 0.15) is 23.2 Å². The summed E-state index contributed by atoms with van der Waals surface area (Å²) in [6.45, 7) is 0. The lowest BCUT2D eigenvalue weighted by atomic mass is 10.1. The number of amides is 3. The average Bonchev–Trinajstić information content (AvgIpc) is 2.42. The molecule has 0 spiro atoms. The van der Waals surface area contributed by atoms with Gasteiger partial charge < -0.3 is 5.32 Å². The molecule has 1 atom stereocenters. The van der Waals surface area contributed by atoms with E-state index in [-0.39, 0.29) is 34.5 Å². The zero-order chi connectivity index (χ0) is 15.6. The van der Waals surface area contributed by atoms with Crippen LogP contribution in [0, 0.1) is 10.1 Å². The van der Waals surface area contributed by atoms with Crippen LogP contribution in [0.3, 0.4) is 0 Å². The Labute approximate surface area is 127 Å². The minimum Gasteiger partial charge on any atom is -0.340 e. The van der Waals surface area contributed by atoms with Crippen LogP contribution in [-0.4, -0.2) is 28.7 Å². The van der Waals surface area contributed by atoms with E-state index in [0.29, 0.717) is 0 Å². The Morgan fingerprint density at radius 1 is 1.43 bits per heavy atom. The maximum absolute atomic E-state index is 12.0. The molecule has 1 heterocycles. The number of imide groups is 1. The fourth-order valence-corrected chi connectivity index (χ4v) is 2.26. The van der Waals surface area contributed by atoms with Crippen LogP contribution in [-0.2, 0) is 9.59 Å². The summed E-state index contributed by atoms with van der Waals surface area (Å²) >= 11 is 3.02. The van der Waals surface area contributed by atoms with Crippen LogP contribution in [0.15, 0.2) is 22.7 Å². The Balaban J connectivity index is 2.14. The molecular weight excluding hydrogens is 346 g/mol. The van der Waals surface area contributed by atoms with Crippen LogP contribution in [0.5, 0.6) is 0 Å². The third kappa shape index (κ3) is 3.43. The van der Waals surface area contributed by atoms with Gasteiger partial charge in [0.2, 0.25) is 11.8 Å². The molecule has 0 saturated carbocycles. The zero-order valence-corrected chi connectivity index (χ0v) is 12.2. The van der Waals surface area contributed by atoms with Gasteiger partial charge in [-0.2, -0.15) is 0 Å². The highest BCUT2D eigenvalue weighted by Gasteiger charge is 2.28. The number of carbonyl (C=O) groups excluding carboxylic acids is 3. The number of nitro benzene ring substituents is 1. The highest BCUT2D eigenvalue weighted by Crippen LogP contribution is 2.25. The number of carbonyl (C=O) groups is 3. The van der Waals surface area contributed by atoms with Crippen molar-refractivity contribution in [3.63, 3.8) is 0 Å². The summed E-state index contributed by atoms with van der Waals surface area (Å²) in [6, 6.07) is 3.08. The molecule has 3 amide bonds. The van der Waals surface area contributed by atoms with Gasteiger partial charge in [0.1, 0.15) is 6.04 Å². The van der Waals surface area contributed by atoms with Crippen molar-refractivity contribution in [1.82, 2.24) is 10.6 Å². The summed E-state index contributed by atoms with van der Waals surface area (Å²) < 4.78 is 0.255. The van der Waals surface area contributed by atoms with Crippen LogP contribution >= 0.6 is 15.9 Å². The number of hydrogen-bond acceptors (Lipinski definition) is 5. The van der Waals surface area contributed by atoms with Crippen molar-refractivity contribution in [3.05, 3.63) is 38.3 Å². The van der Waals surface area contributed by atoms with Crippen molar-refractivity contribution >= 4 is 39.3 Å². The SMILES string of the molecule is O=C1CCC(NC(=O)c2ccc(Br)c([N+](=O)[O-])c2)C(=O)N1. The summed E-state index contributed by atoms with van der Waals surface area (Å²) in [5.74, 6) is -1.57. The highest BCUT2D eigenvalue weighted by molar-refractivity contribution is 9.10. The van der Waals surface area contributed by atoms with E-state index in [1.54, 1.807) is 0 Å². The molecule has 21 heavy (non-hydrogen) atoms. The monoisotopic (exact) mass is 355 g/mol. The Bertz CT molecular complexity index is 646. The van der Waals surface area contributed by atoms with Crippen molar-refractivity contribution in [2.75, 3.05) is 0 Å². The standard InChI is InChI=1S/C12H10BrN3O5/c13-7-2-1-6(5-9(7)16(20)21)11(18)14-8-3-4-10(17)15-12(8)19/h1-2,5,8H,3-4H2,(H,14,18)(H,15,17,19). The maximum Gasteiger partial charge on any atom is 0.284 e. The second-order valence-corrected chi connectivity index (χ2v) is 5.25. The van der Waals surface area contributed by atoms with Crippen LogP contribution in [0.4, 0.5) is 5.69 Å². The number of nitro groups is 1. The minimum absolute atomic E-state index is 0.0644. The topological polar surface area (TPSA) is 118 Å². The van der Waals surface area contributed by atoms with Crippen LogP contribution < -0.4 is 10.6 Å². The van der Waals surface area contributed by atoms with Gasteiger partial charge in [-0.3, -0.25) is 29.8 Å². The second kappa shape index (κ2) is 6.00. The van der Waals surface area contributed by atoms with Gasteiger partial charge in [0.15, 0.2) is 0 Å². The first kappa shape index (κ1) is 15.1. The number of halogens is 1. The lowest BCUT2D eigenvalue weighted by molar-refractivity contribution is -0.385. The molecule has 0 bridgehead atoms. The molecule has 8 nitrogen and oxygen atoms in total. The lowest BCUT2D eigenvalue weighted by Gasteiger charge is -2.21. The van der Waals surface area contributed by atoms with Crippen LogP contribution in [0.2, 0.25) is 0 Å². The van der Waals surface area contributed by atoms with Crippen molar-refractivity contribution in [3.8, 4) is 0 Å². The molecule has 1 unspecified atom stereocenters. The first-order chi connectivity index (χ1) is 9.88. The largest absolute Gasteiger partial charge is 0.340 e. The first-order valence-electron chi connectivity index (χ1n) is 5.97. The number of nitrogens with one attached hydrogen (secondary N) is 2. The Hall–Kier alpha value is -2.29. The van der Waals surface area contributed by atoms with Gasteiger partial charge in [0.05, 0.1) is 9.40 Å². The predicted octanol–water partition coefficient (Wildman–Crippen LogP) is 0.892. The zero-order valence-electron chi connectivity index (χ0n) is 10.6. The van der Waals surface area contributed by atoms with E-state index in [0.717, 1.165) is 6.07 Å². The molecule has 110 valence electrons. The van der Waals surface area contributed by atoms with Crippen LogP contribution in [0.25, 0.3) is 0 Å². The van der Waals surface area contributed by atoms with Gasteiger partial charge in [-0.25, -0.2) is 0 Å². The summed E-state index contributed by atoms with van der Waals surface area (Å²) in [4.78, 5) is 44.8. The Kier molecular flexibility index (Phi) is 4.32. The van der Waals surface area contributed by atoms with E-state index in [9.17, 15) is 24.5 Å². The van der Waals surface area contributed by atoms with E-state index in [4.69, 9.17) is 0 Å². The quantitative estimate of drug-likeness (QED) is 0.474. The average molecular weight is 356 g/mol. The fraction of sp³-hybridized carbons (Fsp3) is 0.250. The number of rotatable bonds is 3. The first-order valence-corrected chi connectivity index (χ1v) is 6.76. The van der Waals surface area contributed by atoms with Gasteiger partial charge >= 0.3 is 0 Å². The van der Waals surface area contributed by atoms with Crippen molar-refractivity contribution in [2.24, 2.45) is 0 Å². The number of benzene rings is 1.